The van der Waals surface area contributed by atoms with Gasteiger partial charge in [-0.05, 0) is 44.7 Å². The number of nitrogens with one attached hydrogen (secondary N) is 1. The molecule has 2 rings (SSSR count). The van der Waals surface area contributed by atoms with E-state index in [4.69, 9.17) is 0 Å². The molecule has 0 bridgehead atoms. The lowest BCUT2D eigenvalue weighted by molar-refractivity contribution is -0.153. The van der Waals surface area contributed by atoms with E-state index in [1.54, 1.807) is 24.3 Å². The van der Waals surface area contributed by atoms with Crippen molar-refractivity contribution in [2.24, 2.45) is 0 Å². The zero-order chi connectivity index (χ0) is 14.8. The normalized spacial score (nSPS) is 23.9. The molecule has 0 spiro atoms. The highest BCUT2D eigenvalue weighted by Gasteiger charge is 2.28. The number of hydrogen-bond donors (Lipinski definition) is 1. The number of rotatable bonds is 4. The number of anilines is 1. The van der Waals surface area contributed by atoms with Crippen molar-refractivity contribution < 1.29 is 17.9 Å². The van der Waals surface area contributed by atoms with Crippen LogP contribution in [-0.4, -0.2) is 43.4 Å². The van der Waals surface area contributed by atoms with Gasteiger partial charge in [-0.3, -0.25) is 0 Å². The quantitative estimate of drug-likeness (QED) is 0.921. The fraction of sp³-hybridized carbons (Fsp3) is 0.571. The van der Waals surface area contributed by atoms with E-state index in [0.717, 1.165) is 18.7 Å². The first kappa shape index (κ1) is 15.0. The Hall–Kier alpha value is -1.43. The van der Waals surface area contributed by atoms with E-state index in [-0.39, 0.29) is 5.75 Å². The van der Waals surface area contributed by atoms with Gasteiger partial charge >= 0.3 is 6.18 Å². The van der Waals surface area contributed by atoms with Gasteiger partial charge < -0.3 is 15.0 Å². The van der Waals surface area contributed by atoms with Crippen LogP contribution >= 0.6 is 0 Å². The van der Waals surface area contributed by atoms with Gasteiger partial charge in [-0.15, -0.1) is 0 Å². The molecular weight excluding hydrogens is 269 g/mol. The first-order chi connectivity index (χ1) is 9.33. The second kappa shape index (κ2) is 5.91. The Morgan fingerprint density at radius 2 is 1.95 bits per heavy atom. The molecule has 1 N–H and O–H groups in total. The number of likely N-dealkylation sites (tertiary alicyclic amines) is 1. The number of halogens is 3. The molecule has 2 unspecified atom stereocenters. The summed E-state index contributed by atoms with van der Waals surface area (Å²) in [5.74, 6) is 0.227. The molecule has 1 aromatic rings. The van der Waals surface area contributed by atoms with Crippen LogP contribution in [0.3, 0.4) is 0 Å². The molecule has 3 nitrogen and oxygen atoms in total. The van der Waals surface area contributed by atoms with Gasteiger partial charge in [-0.2, -0.15) is 13.2 Å². The zero-order valence-corrected chi connectivity index (χ0v) is 11.6. The number of ether oxygens (including phenoxy) is 1. The monoisotopic (exact) mass is 288 g/mol. The van der Waals surface area contributed by atoms with Crippen molar-refractivity contribution in [2.75, 3.05) is 25.5 Å². The topological polar surface area (TPSA) is 24.5 Å². The highest BCUT2D eigenvalue weighted by atomic mass is 19.4. The number of alkyl halides is 3. The Labute approximate surface area is 116 Å². The molecule has 1 aliphatic rings. The van der Waals surface area contributed by atoms with E-state index < -0.39 is 12.8 Å². The molecule has 2 atom stereocenters. The zero-order valence-electron chi connectivity index (χ0n) is 11.6. The summed E-state index contributed by atoms with van der Waals surface area (Å²) in [6, 6.07) is 7.51. The van der Waals surface area contributed by atoms with Gasteiger partial charge in [-0.1, -0.05) is 0 Å². The van der Waals surface area contributed by atoms with Crippen LogP contribution in [0, 0.1) is 0 Å². The predicted octanol–water partition coefficient (Wildman–Crippen LogP) is 3.13. The molecule has 0 radical (unpaired) electrons. The second-order valence-corrected chi connectivity index (χ2v) is 5.29. The van der Waals surface area contributed by atoms with E-state index in [1.807, 2.05) is 0 Å². The van der Waals surface area contributed by atoms with Crippen molar-refractivity contribution in [3.8, 4) is 5.75 Å². The lowest BCUT2D eigenvalue weighted by atomic mass is 10.2. The third kappa shape index (κ3) is 4.30. The van der Waals surface area contributed by atoms with E-state index in [0.29, 0.717) is 12.1 Å². The van der Waals surface area contributed by atoms with Gasteiger partial charge in [0.15, 0.2) is 6.61 Å². The molecule has 1 aliphatic heterocycles. The summed E-state index contributed by atoms with van der Waals surface area (Å²) in [6.07, 6.45) is -3.25. The number of nitrogens with zero attached hydrogens (tertiary/aromatic N) is 1. The van der Waals surface area contributed by atoms with Crippen LogP contribution in [0.15, 0.2) is 24.3 Å². The Kier molecular flexibility index (Phi) is 4.42. The van der Waals surface area contributed by atoms with Crippen molar-refractivity contribution in [2.45, 2.75) is 31.6 Å². The minimum absolute atomic E-state index is 0.227. The largest absolute Gasteiger partial charge is 0.484 e. The third-order valence-corrected chi connectivity index (χ3v) is 3.51. The standard InChI is InChI=1S/C14H19F3N2O/c1-10-7-12(8-19(10)2)18-11-3-5-13(6-4-11)20-9-14(15,16)17/h3-6,10,12,18H,7-9H2,1-2H3. The molecule has 1 fully saturated rings. The van der Waals surface area contributed by atoms with Crippen molar-refractivity contribution in [3.05, 3.63) is 24.3 Å². The summed E-state index contributed by atoms with van der Waals surface area (Å²) in [7, 11) is 2.08. The maximum Gasteiger partial charge on any atom is 0.422 e. The summed E-state index contributed by atoms with van der Waals surface area (Å²) in [4.78, 5) is 2.28. The summed E-state index contributed by atoms with van der Waals surface area (Å²) < 4.78 is 40.7. The average molecular weight is 288 g/mol. The van der Waals surface area contributed by atoms with Gasteiger partial charge in [0.05, 0.1) is 0 Å². The number of hydrogen-bond acceptors (Lipinski definition) is 3. The summed E-state index contributed by atoms with van der Waals surface area (Å²) in [5.41, 5.74) is 0.900. The van der Waals surface area contributed by atoms with Crippen LogP contribution in [0.25, 0.3) is 0 Å². The minimum Gasteiger partial charge on any atom is -0.484 e. The maximum absolute atomic E-state index is 12.0. The molecule has 1 aromatic carbocycles. The first-order valence-electron chi connectivity index (χ1n) is 6.60. The van der Waals surface area contributed by atoms with Crippen LogP contribution in [0.1, 0.15) is 13.3 Å². The molecule has 112 valence electrons. The predicted molar refractivity (Wildman–Crippen MR) is 72.1 cm³/mol. The highest BCUT2D eigenvalue weighted by Crippen LogP contribution is 2.23. The molecule has 1 saturated heterocycles. The van der Waals surface area contributed by atoms with E-state index >= 15 is 0 Å². The van der Waals surface area contributed by atoms with E-state index in [2.05, 4.69) is 28.9 Å². The Bertz CT molecular complexity index is 423. The van der Waals surface area contributed by atoms with Crippen LogP contribution in [0.2, 0.25) is 0 Å². The lowest BCUT2D eigenvalue weighted by Gasteiger charge is -2.15. The summed E-state index contributed by atoms with van der Waals surface area (Å²) in [5, 5.41) is 3.38. The lowest BCUT2D eigenvalue weighted by Crippen LogP contribution is -2.24. The molecule has 1 heterocycles. The average Bonchev–Trinajstić information content (AvgIpc) is 2.66. The van der Waals surface area contributed by atoms with Gasteiger partial charge in [-0.25, -0.2) is 0 Å². The summed E-state index contributed by atoms with van der Waals surface area (Å²) in [6.45, 7) is 1.88. The van der Waals surface area contributed by atoms with Gasteiger partial charge in [0.1, 0.15) is 5.75 Å². The number of benzene rings is 1. The molecule has 0 aliphatic carbocycles. The molecule has 6 heteroatoms. The van der Waals surface area contributed by atoms with Crippen LogP contribution < -0.4 is 10.1 Å². The van der Waals surface area contributed by atoms with E-state index in [1.165, 1.54) is 0 Å². The minimum atomic E-state index is -4.30. The van der Waals surface area contributed by atoms with Crippen molar-refractivity contribution in [1.29, 1.82) is 0 Å². The number of likely N-dealkylation sites (N-methyl/N-ethyl adjacent to an activating group) is 1. The Morgan fingerprint density at radius 1 is 1.30 bits per heavy atom. The SMILES string of the molecule is CC1CC(Nc2ccc(OCC(F)(F)F)cc2)CN1C. The molecule has 0 aromatic heterocycles. The van der Waals surface area contributed by atoms with Gasteiger partial charge in [0.25, 0.3) is 0 Å². The van der Waals surface area contributed by atoms with Crippen molar-refractivity contribution in [1.82, 2.24) is 4.90 Å². The summed E-state index contributed by atoms with van der Waals surface area (Å²) >= 11 is 0. The maximum atomic E-state index is 12.0. The third-order valence-electron chi connectivity index (χ3n) is 3.51. The Morgan fingerprint density at radius 3 is 2.45 bits per heavy atom. The van der Waals surface area contributed by atoms with Gasteiger partial charge in [0, 0.05) is 24.3 Å². The van der Waals surface area contributed by atoms with Crippen LogP contribution in [0.5, 0.6) is 5.75 Å². The van der Waals surface area contributed by atoms with Gasteiger partial charge in [0.2, 0.25) is 0 Å². The van der Waals surface area contributed by atoms with E-state index in [9.17, 15) is 13.2 Å². The van der Waals surface area contributed by atoms with Crippen molar-refractivity contribution >= 4 is 5.69 Å². The smallest absolute Gasteiger partial charge is 0.422 e. The highest BCUT2D eigenvalue weighted by molar-refractivity contribution is 5.47. The molecule has 20 heavy (non-hydrogen) atoms. The second-order valence-electron chi connectivity index (χ2n) is 5.29. The molecule has 0 amide bonds. The van der Waals surface area contributed by atoms with Crippen LogP contribution in [0.4, 0.5) is 18.9 Å². The van der Waals surface area contributed by atoms with Crippen molar-refractivity contribution in [3.63, 3.8) is 0 Å². The molecular formula is C14H19F3N2O. The van der Waals surface area contributed by atoms with Crippen LogP contribution in [-0.2, 0) is 0 Å². The molecule has 0 saturated carbocycles. The fourth-order valence-corrected chi connectivity index (χ4v) is 2.35. The fourth-order valence-electron chi connectivity index (χ4n) is 2.35. The first-order valence-corrected chi connectivity index (χ1v) is 6.60. The Balaban J connectivity index is 1.86.